The van der Waals surface area contributed by atoms with E-state index in [4.69, 9.17) is 15.3 Å². The summed E-state index contributed by atoms with van der Waals surface area (Å²) in [4.78, 5) is 3.98. The van der Waals surface area contributed by atoms with E-state index in [0.717, 1.165) is 12.8 Å². The Morgan fingerprint density at radius 1 is 1.29 bits per heavy atom. The third-order valence-corrected chi connectivity index (χ3v) is 2.51. The fourth-order valence-corrected chi connectivity index (χ4v) is 1.52. The number of aromatic nitrogens is 1. The minimum absolute atomic E-state index is 0.222. The van der Waals surface area contributed by atoms with E-state index in [0.29, 0.717) is 19.8 Å². The molecule has 0 saturated heterocycles. The van der Waals surface area contributed by atoms with E-state index in [9.17, 15) is 0 Å². The van der Waals surface area contributed by atoms with E-state index in [2.05, 4.69) is 10.4 Å². The van der Waals surface area contributed by atoms with Crippen molar-refractivity contribution in [3.8, 4) is 0 Å². The Morgan fingerprint density at radius 3 is 2.71 bits per heavy atom. The van der Waals surface area contributed by atoms with Gasteiger partial charge in [0.05, 0.1) is 13.2 Å². The van der Waals surface area contributed by atoms with Crippen LogP contribution in [0.3, 0.4) is 0 Å². The first-order valence-corrected chi connectivity index (χ1v) is 5.78. The Morgan fingerprint density at radius 2 is 2.06 bits per heavy atom. The van der Waals surface area contributed by atoms with Gasteiger partial charge in [0.15, 0.2) is 0 Å². The number of nitrogens with one attached hydrogen (secondary N) is 1. The molecule has 1 atom stereocenters. The third-order valence-electron chi connectivity index (χ3n) is 2.51. The first-order valence-electron chi connectivity index (χ1n) is 5.78. The molecule has 0 aliphatic carbocycles. The minimum Gasteiger partial charge on any atom is -0.382 e. The number of methoxy groups -OCH3 is 1. The van der Waals surface area contributed by atoms with Crippen LogP contribution in [0.1, 0.15) is 12.0 Å². The number of hydrazine groups is 1. The lowest BCUT2D eigenvalue weighted by molar-refractivity contribution is 0.0658. The molecule has 0 amide bonds. The van der Waals surface area contributed by atoms with Gasteiger partial charge in [-0.1, -0.05) is 0 Å². The maximum atomic E-state index is 5.52. The van der Waals surface area contributed by atoms with Crippen LogP contribution >= 0.6 is 0 Å². The number of hydrogen-bond donors (Lipinski definition) is 2. The van der Waals surface area contributed by atoms with Gasteiger partial charge >= 0.3 is 0 Å². The van der Waals surface area contributed by atoms with Crippen molar-refractivity contribution < 1.29 is 9.47 Å². The highest BCUT2D eigenvalue weighted by Gasteiger charge is 2.07. The van der Waals surface area contributed by atoms with Crippen molar-refractivity contribution in [2.45, 2.75) is 18.9 Å². The zero-order valence-corrected chi connectivity index (χ0v) is 10.3. The molecular formula is C12H21N3O2. The average molecular weight is 239 g/mol. The van der Waals surface area contributed by atoms with Crippen LogP contribution in [-0.2, 0) is 15.9 Å². The van der Waals surface area contributed by atoms with Crippen LogP contribution in [0.15, 0.2) is 24.5 Å². The van der Waals surface area contributed by atoms with E-state index in [-0.39, 0.29) is 6.04 Å². The highest BCUT2D eigenvalue weighted by atomic mass is 16.5. The molecule has 1 heterocycles. The summed E-state index contributed by atoms with van der Waals surface area (Å²) in [5.41, 5.74) is 4.03. The standard InChI is InChI=1S/C12H21N3O2/c1-16-8-9-17-7-4-12(15-13)10-11-2-5-14-6-3-11/h2-3,5-6,12,15H,4,7-10,13H2,1H3. The maximum Gasteiger partial charge on any atom is 0.0700 e. The molecule has 1 rings (SSSR count). The smallest absolute Gasteiger partial charge is 0.0700 e. The van der Waals surface area contributed by atoms with E-state index in [1.807, 2.05) is 12.1 Å². The number of hydrogen-bond acceptors (Lipinski definition) is 5. The fourth-order valence-electron chi connectivity index (χ4n) is 1.52. The fraction of sp³-hybridized carbons (Fsp3) is 0.583. The largest absolute Gasteiger partial charge is 0.382 e. The van der Waals surface area contributed by atoms with E-state index < -0.39 is 0 Å². The van der Waals surface area contributed by atoms with Crippen molar-refractivity contribution in [2.75, 3.05) is 26.9 Å². The highest BCUT2D eigenvalue weighted by Crippen LogP contribution is 2.04. The third kappa shape index (κ3) is 6.33. The van der Waals surface area contributed by atoms with E-state index >= 15 is 0 Å². The van der Waals surface area contributed by atoms with Gasteiger partial charge in [0.25, 0.3) is 0 Å². The van der Waals surface area contributed by atoms with Gasteiger partial charge in [-0.15, -0.1) is 0 Å². The van der Waals surface area contributed by atoms with Gasteiger partial charge in [-0.2, -0.15) is 0 Å². The zero-order valence-electron chi connectivity index (χ0n) is 10.3. The quantitative estimate of drug-likeness (QED) is 0.373. The van der Waals surface area contributed by atoms with Crippen molar-refractivity contribution in [1.29, 1.82) is 0 Å². The monoisotopic (exact) mass is 239 g/mol. The van der Waals surface area contributed by atoms with Crippen LogP contribution in [0.25, 0.3) is 0 Å². The molecule has 0 aliphatic heterocycles. The van der Waals surface area contributed by atoms with E-state index in [1.54, 1.807) is 19.5 Å². The topological polar surface area (TPSA) is 69.4 Å². The Balaban J connectivity index is 2.20. The van der Waals surface area contributed by atoms with E-state index in [1.165, 1.54) is 5.56 Å². The van der Waals surface area contributed by atoms with Crippen molar-refractivity contribution >= 4 is 0 Å². The van der Waals surface area contributed by atoms with Crippen LogP contribution in [0.4, 0.5) is 0 Å². The van der Waals surface area contributed by atoms with Gasteiger partial charge in [0, 0.05) is 32.2 Å². The Kier molecular flexibility index (Phi) is 7.49. The first-order chi connectivity index (χ1) is 8.36. The molecular weight excluding hydrogens is 218 g/mol. The molecule has 1 unspecified atom stereocenters. The van der Waals surface area contributed by atoms with Gasteiger partial charge in [-0.3, -0.25) is 16.3 Å². The number of nitrogens with zero attached hydrogens (tertiary/aromatic N) is 1. The lowest BCUT2D eigenvalue weighted by atomic mass is 10.1. The Hall–Kier alpha value is -1.01. The molecule has 17 heavy (non-hydrogen) atoms. The minimum atomic E-state index is 0.222. The van der Waals surface area contributed by atoms with Gasteiger partial charge < -0.3 is 9.47 Å². The summed E-state index contributed by atoms with van der Waals surface area (Å²) in [5.74, 6) is 5.52. The molecule has 0 aromatic carbocycles. The molecule has 1 aromatic rings. The molecule has 0 aliphatic rings. The zero-order chi connectivity index (χ0) is 12.3. The number of ether oxygens (including phenoxy) is 2. The Bertz CT molecular complexity index is 282. The van der Waals surface area contributed by atoms with Crippen molar-refractivity contribution in [2.24, 2.45) is 5.84 Å². The summed E-state index contributed by atoms with van der Waals surface area (Å²) in [5, 5.41) is 0. The van der Waals surface area contributed by atoms with Crippen LogP contribution in [0.2, 0.25) is 0 Å². The molecule has 5 nitrogen and oxygen atoms in total. The van der Waals surface area contributed by atoms with Crippen LogP contribution in [0, 0.1) is 0 Å². The van der Waals surface area contributed by atoms with Gasteiger partial charge in [0.1, 0.15) is 0 Å². The summed E-state index contributed by atoms with van der Waals surface area (Å²) >= 11 is 0. The average Bonchev–Trinajstić information content (AvgIpc) is 2.38. The molecule has 0 bridgehead atoms. The van der Waals surface area contributed by atoms with Crippen LogP contribution in [0.5, 0.6) is 0 Å². The van der Waals surface area contributed by atoms with Crippen LogP contribution < -0.4 is 11.3 Å². The number of rotatable bonds is 9. The predicted molar refractivity (Wildman–Crippen MR) is 66.4 cm³/mol. The normalized spacial score (nSPS) is 12.6. The summed E-state index contributed by atoms with van der Waals surface area (Å²) in [6.07, 6.45) is 5.34. The highest BCUT2D eigenvalue weighted by molar-refractivity contribution is 5.11. The first kappa shape index (κ1) is 14.1. The molecule has 96 valence electrons. The lowest BCUT2D eigenvalue weighted by Crippen LogP contribution is -2.37. The van der Waals surface area contributed by atoms with Crippen molar-refractivity contribution in [3.05, 3.63) is 30.1 Å². The lowest BCUT2D eigenvalue weighted by Gasteiger charge is -2.15. The van der Waals surface area contributed by atoms with Gasteiger partial charge in [-0.05, 0) is 30.5 Å². The summed E-state index contributed by atoms with van der Waals surface area (Å²) in [6, 6.07) is 4.21. The van der Waals surface area contributed by atoms with Crippen LogP contribution in [-0.4, -0.2) is 38.0 Å². The molecule has 0 spiro atoms. The molecule has 1 aromatic heterocycles. The number of pyridine rings is 1. The molecule has 0 saturated carbocycles. The SMILES string of the molecule is COCCOCCC(Cc1ccncc1)NN. The van der Waals surface area contributed by atoms with Gasteiger partial charge in [0.2, 0.25) is 0 Å². The Labute approximate surface area is 102 Å². The molecule has 5 heteroatoms. The second kappa shape index (κ2) is 9.07. The maximum absolute atomic E-state index is 5.52. The second-order valence-electron chi connectivity index (χ2n) is 3.82. The predicted octanol–water partition coefficient (Wildman–Crippen LogP) is 0.509. The molecule has 0 radical (unpaired) electrons. The molecule has 3 N–H and O–H groups in total. The summed E-state index contributed by atoms with van der Waals surface area (Å²) in [6.45, 7) is 1.94. The second-order valence-corrected chi connectivity index (χ2v) is 3.82. The summed E-state index contributed by atoms with van der Waals surface area (Å²) < 4.78 is 10.3. The van der Waals surface area contributed by atoms with Crippen molar-refractivity contribution in [1.82, 2.24) is 10.4 Å². The van der Waals surface area contributed by atoms with Gasteiger partial charge in [-0.25, -0.2) is 0 Å². The molecule has 0 fully saturated rings. The number of nitrogens with two attached hydrogens (primary N) is 1. The summed E-state index contributed by atoms with van der Waals surface area (Å²) in [7, 11) is 1.66. The van der Waals surface area contributed by atoms with Crippen molar-refractivity contribution in [3.63, 3.8) is 0 Å².